The Labute approximate surface area is 198 Å². The van der Waals surface area contributed by atoms with Crippen molar-refractivity contribution in [2.45, 2.75) is 6.04 Å². The second kappa shape index (κ2) is 9.31. The van der Waals surface area contributed by atoms with E-state index in [1.54, 1.807) is 42.5 Å². The van der Waals surface area contributed by atoms with Crippen LogP contribution >= 0.6 is 0 Å². The molecular weight excluding hydrogens is 432 g/mol. The van der Waals surface area contributed by atoms with Crippen LogP contribution in [0.2, 0.25) is 0 Å². The monoisotopic (exact) mass is 458 g/mol. The van der Waals surface area contributed by atoms with E-state index >= 15 is 0 Å². The summed E-state index contributed by atoms with van der Waals surface area (Å²) in [6, 6.07) is 20.6. The normalized spacial score (nSPS) is 17.1. The Hall–Kier alpha value is -4.26. The average molecular weight is 459 g/mol. The van der Waals surface area contributed by atoms with Crippen molar-refractivity contribution >= 4 is 28.8 Å². The molecule has 174 valence electrons. The molecule has 3 aromatic rings. The molecule has 1 unspecified atom stereocenters. The van der Waals surface area contributed by atoms with Crippen molar-refractivity contribution in [2.24, 2.45) is 0 Å². The molecule has 1 aliphatic heterocycles. The van der Waals surface area contributed by atoms with Gasteiger partial charge in [-0.05, 0) is 42.0 Å². The van der Waals surface area contributed by atoms with Crippen molar-refractivity contribution in [3.05, 3.63) is 89.5 Å². The summed E-state index contributed by atoms with van der Waals surface area (Å²) in [5.41, 5.74) is 2.52. The maximum atomic E-state index is 13.3. The molecule has 34 heavy (non-hydrogen) atoms. The first-order valence-electron chi connectivity index (χ1n) is 10.7. The van der Waals surface area contributed by atoms with Gasteiger partial charge < -0.3 is 19.5 Å². The van der Waals surface area contributed by atoms with Crippen LogP contribution in [-0.2, 0) is 9.59 Å². The summed E-state index contributed by atoms with van der Waals surface area (Å²) < 4.78 is 10.7. The molecule has 1 amide bonds. The van der Waals surface area contributed by atoms with E-state index in [-0.39, 0.29) is 11.3 Å². The van der Waals surface area contributed by atoms with Crippen molar-refractivity contribution in [3.8, 4) is 11.5 Å². The molecule has 0 spiro atoms. The van der Waals surface area contributed by atoms with E-state index in [9.17, 15) is 14.7 Å². The number of nitrogens with zero attached hydrogens (tertiary/aromatic N) is 2. The Morgan fingerprint density at radius 3 is 2.18 bits per heavy atom. The molecule has 1 saturated heterocycles. The molecule has 0 aromatic heterocycles. The first-order valence-corrected chi connectivity index (χ1v) is 10.7. The lowest BCUT2D eigenvalue weighted by Crippen LogP contribution is -2.29. The first kappa shape index (κ1) is 22.9. The summed E-state index contributed by atoms with van der Waals surface area (Å²) in [6.07, 6.45) is 0. The zero-order valence-electron chi connectivity index (χ0n) is 19.5. The number of methoxy groups -OCH3 is 2. The van der Waals surface area contributed by atoms with Gasteiger partial charge in [0, 0.05) is 31.5 Å². The summed E-state index contributed by atoms with van der Waals surface area (Å²) in [6.45, 7) is 0. The Bertz CT molecular complexity index is 1250. The average Bonchev–Trinajstić information content (AvgIpc) is 3.14. The van der Waals surface area contributed by atoms with E-state index in [4.69, 9.17) is 9.47 Å². The molecule has 1 N–H and O–H groups in total. The molecule has 3 aromatic carbocycles. The SMILES string of the molecule is COc1ccc(/C(O)=C2/C(=O)C(=O)N(c3ccccc3)C2c2ccc(N(C)C)cc2)c(OC)c1. The highest BCUT2D eigenvalue weighted by Crippen LogP contribution is 2.43. The lowest BCUT2D eigenvalue weighted by molar-refractivity contribution is -0.132. The van der Waals surface area contributed by atoms with E-state index in [2.05, 4.69) is 0 Å². The van der Waals surface area contributed by atoms with Crippen molar-refractivity contribution in [1.82, 2.24) is 0 Å². The fraction of sp³-hybridized carbons (Fsp3) is 0.185. The minimum absolute atomic E-state index is 0.00470. The first-order chi connectivity index (χ1) is 16.4. The highest BCUT2D eigenvalue weighted by molar-refractivity contribution is 6.51. The van der Waals surface area contributed by atoms with Gasteiger partial charge >= 0.3 is 0 Å². The number of amides is 1. The number of ketones is 1. The molecule has 0 bridgehead atoms. The van der Waals surface area contributed by atoms with Crippen LogP contribution in [-0.4, -0.2) is 45.1 Å². The topological polar surface area (TPSA) is 79.3 Å². The van der Waals surface area contributed by atoms with Gasteiger partial charge in [-0.15, -0.1) is 0 Å². The smallest absolute Gasteiger partial charge is 0.300 e. The zero-order valence-corrected chi connectivity index (χ0v) is 19.5. The van der Waals surface area contributed by atoms with Crippen LogP contribution < -0.4 is 19.3 Å². The molecular formula is C27H26N2O5. The van der Waals surface area contributed by atoms with Crippen LogP contribution in [0.5, 0.6) is 11.5 Å². The van der Waals surface area contributed by atoms with Crippen molar-refractivity contribution < 1.29 is 24.2 Å². The number of carbonyl (C=O) groups excluding carboxylic acids is 2. The van der Waals surface area contributed by atoms with E-state index < -0.39 is 17.7 Å². The minimum Gasteiger partial charge on any atom is -0.507 e. The van der Waals surface area contributed by atoms with Crippen molar-refractivity contribution in [3.63, 3.8) is 0 Å². The fourth-order valence-corrected chi connectivity index (χ4v) is 4.10. The molecule has 0 radical (unpaired) electrons. The number of para-hydroxylation sites is 1. The van der Waals surface area contributed by atoms with Gasteiger partial charge in [-0.2, -0.15) is 0 Å². The number of aliphatic hydroxyl groups excluding tert-OH is 1. The molecule has 7 nitrogen and oxygen atoms in total. The van der Waals surface area contributed by atoms with E-state index in [0.29, 0.717) is 28.3 Å². The van der Waals surface area contributed by atoms with Crippen LogP contribution in [0.4, 0.5) is 11.4 Å². The number of hydrogen-bond donors (Lipinski definition) is 1. The predicted molar refractivity (Wildman–Crippen MR) is 132 cm³/mol. The summed E-state index contributed by atoms with van der Waals surface area (Å²) in [4.78, 5) is 29.9. The van der Waals surface area contributed by atoms with E-state index in [1.165, 1.54) is 19.1 Å². The third-order valence-electron chi connectivity index (χ3n) is 5.87. The fourth-order valence-electron chi connectivity index (χ4n) is 4.10. The number of anilines is 2. The van der Waals surface area contributed by atoms with Gasteiger partial charge in [-0.3, -0.25) is 14.5 Å². The highest BCUT2D eigenvalue weighted by atomic mass is 16.5. The number of aliphatic hydroxyl groups is 1. The third kappa shape index (κ3) is 3.96. The summed E-state index contributed by atoms with van der Waals surface area (Å²) in [5.74, 6) is -0.917. The van der Waals surface area contributed by atoms with Crippen LogP contribution in [0.25, 0.3) is 5.76 Å². The molecule has 4 rings (SSSR count). The third-order valence-corrected chi connectivity index (χ3v) is 5.87. The van der Waals surface area contributed by atoms with Crippen LogP contribution in [0, 0.1) is 0 Å². The van der Waals surface area contributed by atoms with Crippen LogP contribution in [0.3, 0.4) is 0 Å². The minimum atomic E-state index is -0.814. The largest absolute Gasteiger partial charge is 0.507 e. The number of benzene rings is 3. The molecule has 0 saturated carbocycles. The zero-order chi connectivity index (χ0) is 24.4. The maximum Gasteiger partial charge on any atom is 0.300 e. The summed E-state index contributed by atoms with van der Waals surface area (Å²) in [5, 5.41) is 11.4. The number of ether oxygens (including phenoxy) is 2. The Morgan fingerprint density at radius 2 is 1.59 bits per heavy atom. The van der Waals surface area contributed by atoms with Crippen LogP contribution in [0.1, 0.15) is 17.2 Å². The second-order valence-corrected chi connectivity index (χ2v) is 8.06. The van der Waals surface area contributed by atoms with Gasteiger partial charge in [0.25, 0.3) is 11.7 Å². The quantitative estimate of drug-likeness (QED) is 0.335. The lowest BCUT2D eigenvalue weighted by Gasteiger charge is -2.26. The summed E-state index contributed by atoms with van der Waals surface area (Å²) >= 11 is 0. The summed E-state index contributed by atoms with van der Waals surface area (Å²) in [7, 11) is 6.85. The van der Waals surface area contributed by atoms with Gasteiger partial charge in [-0.1, -0.05) is 30.3 Å². The standard InChI is InChI=1S/C27H26N2O5/c1-28(2)18-12-10-17(11-13-18)24-23(25(30)21-15-14-20(33-3)16-22(21)34-4)26(31)27(32)29(24)19-8-6-5-7-9-19/h5-16,24,30H,1-4H3/b25-23-. The number of Topliss-reactive ketones (excluding diaryl/α,β-unsaturated/α-hetero) is 1. The van der Waals surface area contributed by atoms with Crippen molar-refractivity contribution in [2.75, 3.05) is 38.1 Å². The lowest BCUT2D eigenvalue weighted by atomic mass is 9.94. The van der Waals surface area contributed by atoms with Gasteiger partial charge in [0.1, 0.15) is 17.3 Å². The Morgan fingerprint density at radius 1 is 0.912 bits per heavy atom. The number of rotatable bonds is 6. The van der Waals surface area contributed by atoms with Gasteiger partial charge in [0.05, 0.1) is 31.4 Å². The predicted octanol–water partition coefficient (Wildman–Crippen LogP) is 4.40. The number of carbonyl (C=O) groups is 2. The Balaban J connectivity index is 1.94. The van der Waals surface area contributed by atoms with Crippen molar-refractivity contribution in [1.29, 1.82) is 0 Å². The highest BCUT2D eigenvalue weighted by Gasteiger charge is 2.47. The molecule has 1 heterocycles. The van der Waals surface area contributed by atoms with Gasteiger partial charge in [-0.25, -0.2) is 0 Å². The van der Waals surface area contributed by atoms with Gasteiger partial charge in [0.15, 0.2) is 0 Å². The molecule has 7 heteroatoms. The van der Waals surface area contributed by atoms with E-state index in [1.807, 2.05) is 49.3 Å². The second-order valence-electron chi connectivity index (χ2n) is 8.06. The molecule has 1 aliphatic rings. The van der Waals surface area contributed by atoms with Crippen LogP contribution in [0.15, 0.2) is 78.4 Å². The van der Waals surface area contributed by atoms with Gasteiger partial charge in [0.2, 0.25) is 0 Å². The maximum absolute atomic E-state index is 13.3. The molecule has 1 atom stereocenters. The molecule has 1 fully saturated rings. The molecule has 0 aliphatic carbocycles. The Kier molecular flexibility index (Phi) is 6.27. The number of hydrogen-bond acceptors (Lipinski definition) is 6. The van der Waals surface area contributed by atoms with E-state index in [0.717, 1.165) is 5.69 Å².